The monoisotopic (exact) mass is 180 g/mol. The Morgan fingerprint density at radius 3 is 2.54 bits per heavy atom. The minimum absolute atomic E-state index is 0.0746. The Morgan fingerprint density at radius 2 is 1.85 bits per heavy atom. The van der Waals surface area contributed by atoms with Crippen molar-refractivity contribution in [2.24, 2.45) is 0 Å². The zero-order valence-electron chi connectivity index (χ0n) is 7.50. The van der Waals surface area contributed by atoms with Gasteiger partial charge in [-0.15, -0.1) is 0 Å². The van der Waals surface area contributed by atoms with Crippen LogP contribution < -0.4 is 0 Å². The Bertz CT molecular complexity index is 279. The maximum atomic E-state index is 13.3. The summed E-state index contributed by atoms with van der Waals surface area (Å²) in [5.74, 6) is 0.282. The largest absolute Gasteiger partial charge is 0.381 e. The Balaban J connectivity index is 2.18. The first-order chi connectivity index (χ1) is 6.38. The molecule has 13 heavy (non-hydrogen) atoms. The van der Waals surface area contributed by atoms with Crippen molar-refractivity contribution in [1.82, 2.24) is 0 Å². The highest BCUT2D eigenvalue weighted by Gasteiger charge is 2.18. The van der Waals surface area contributed by atoms with E-state index in [2.05, 4.69) is 0 Å². The standard InChI is InChI=1S/C11H13FO/c12-11-4-2-1-3-10(11)9-5-7-13-8-6-9/h1-4,9H,5-8H2. The van der Waals surface area contributed by atoms with Gasteiger partial charge in [0.05, 0.1) is 0 Å². The topological polar surface area (TPSA) is 9.23 Å². The molecule has 0 aliphatic carbocycles. The molecule has 1 fully saturated rings. The smallest absolute Gasteiger partial charge is 0.126 e. The van der Waals surface area contributed by atoms with Gasteiger partial charge in [0.15, 0.2) is 0 Å². The Morgan fingerprint density at radius 1 is 1.15 bits per heavy atom. The third kappa shape index (κ3) is 1.89. The number of halogens is 1. The van der Waals surface area contributed by atoms with Gasteiger partial charge in [0.1, 0.15) is 5.82 Å². The summed E-state index contributed by atoms with van der Waals surface area (Å²) in [6.07, 6.45) is 1.89. The summed E-state index contributed by atoms with van der Waals surface area (Å²) in [4.78, 5) is 0. The Hall–Kier alpha value is -0.890. The summed E-state index contributed by atoms with van der Waals surface area (Å²) < 4.78 is 18.6. The van der Waals surface area contributed by atoms with Crippen LogP contribution in [-0.4, -0.2) is 13.2 Å². The van der Waals surface area contributed by atoms with Gasteiger partial charge in [-0.3, -0.25) is 0 Å². The van der Waals surface area contributed by atoms with Crippen molar-refractivity contribution < 1.29 is 9.13 Å². The third-order valence-corrected chi connectivity index (χ3v) is 2.57. The summed E-state index contributed by atoms with van der Waals surface area (Å²) in [5, 5.41) is 0. The molecule has 0 atom stereocenters. The van der Waals surface area contributed by atoms with E-state index < -0.39 is 0 Å². The molecule has 0 spiro atoms. The van der Waals surface area contributed by atoms with E-state index in [0.717, 1.165) is 31.6 Å². The zero-order valence-corrected chi connectivity index (χ0v) is 7.50. The molecule has 1 aliphatic heterocycles. The van der Waals surface area contributed by atoms with Crippen LogP contribution in [0.1, 0.15) is 24.3 Å². The molecule has 0 aromatic heterocycles. The van der Waals surface area contributed by atoms with Crippen LogP contribution in [0.15, 0.2) is 24.3 Å². The van der Waals surface area contributed by atoms with Gasteiger partial charge in [-0.05, 0) is 30.4 Å². The van der Waals surface area contributed by atoms with Gasteiger partial charge < -0.3 is 4.74 Å². The number of benzene rings is 1. The lowest BCUT2D eigenvalue weighted by Crippen LogP contribution is -2.14. The number of hydrogen-bond acceptors (Lipinski definition) is 1. The zero-order chi connectivity index (χ0) is 9.10. The highest BCUT2D eigenvalue weighted by atomic mass is 19.1. The van der Waals surface area contributed by atoms with Gasteiger partial charge in [-0.25, -0.2) is 4.39 Å². The molecule has 0 unspecified atom stereocenters. The molecule has 1 saturated heterocycles. The second kappa shape index (κ2) is 3.88. The average Bonchev–Trinajstić information content (AvgIpc) is 2.20. The van der Waals surface area contributed by atoms with E-state index in [-0.39, 0.29) is 5.82 Å². The summed E-state index contributed by atoms with van der Waals surface area (Å²) in [6.45, 7) is 1.53. The Labute approximate surface area is 77.5 Å². The minimum atomic E-state index is -0.0746. The van der Waals surface area contributed by atoms with Crippen molar-refractivity contribution in [1.29, 1.82) is 0 Å². The average molecular weight is 180 g/mol. The first-order valence-corrected chi connectivity index (χ1v) is 4.70. The fourth-order valence-electron chi connectivity index (χ4n) is 1.81. The molecule has 2 heteroatoms. The predicted molar refractivity (Wildman–Crippen MR) is 49.2 cm³/mol. The van der Waals surface area contributed by atoms with Crippen LogP contribution in [-0.2, 0) is 4.74 Å². The van der Waals surface area contributed by atoms with Gasteiger partial charge in [-0.1, -0.05) is 18.2 Å². The Kier molecular flexibility index (Phi) is 2.60. The van der Waals surface area contributed by atoms with Crippen molar-refractivity contribution in [3.05, 3.63) is 35.6 Å². The molecule has 70 valence electrons. The third-order valence-electron chi connectivity index (χ3n) is 2.57. The van der Waals surface area contributed by atoms with Crippen LogP contribution >= 0.6 is 0 Å². The van der Waals surface area contributed by atoms with Gasteiger partial charge in [-0.2, -0.15) is 0 Å². The molecular formula is C11H13FO. The molecular weight excluding hydrogens is 167 g/mol. The van der Waals surface area contributed by atoms with E-state index in [0.29, 0.717) is 5.92 Å². The quantitative estimate of drug-likeness (QED) is 0.645. The first-order valence-electron chi connectivity index (χ1n) is 4.70. The van der Waals surface area contributed by atoms with Crippen molar-refractivity contribution in [3.8, 4) is 0 Å². The lowest BCUT2D eigenvalue weighted by molar-refractivity contribution is 0.0846. The van der Waals surface area contributed by atoms with Crippen LogP contribution in [0, 0.1) is 5.82 Å². The lowest BCUT2D eigenvalue weighted by atomic mass is 9.91. The van der Waals surface area contributed by atoms with E-state index >= 15 is 0 Å². The molecule has 0 amide bonds. The van der Waals surface area contributed by atoms with Crippen LogP contribution in [0.5, 0.6) is 0 Å². The SMILES string of the molecule is Fc1ccccc1C1CCOCC1. The molecule has 1 aliphatic rings. The van der Waals surface area contributed by atoms with Gasteiger partial charge in [0.25, 0.3) is 0 Å². The van der Waals surface area contributed by atoms with Crippen LogP contribution in [0.4, 0.5) is 4.39 Å². The first kappa shape index (κ1) is 8.70. The second-order valence-corrected chi connectivity index (χ2v) is 3.41. The molecule has 1 aromatic carbocycles. The number of rotatable bonds is 1. The molecule has 2 rings (SSSR count). The van der Waals surface area contributed by atoms with Crippen LogP contribution in [0.3, 0.4) is 0 Å². The number of ether oxygens (including phenoxy) is 1. The molecule has 0 radical (unpaired) electrons. The van der Waals surface area contributed by atoms with Crippen molar-refractivity contribution in [2.45, 2.75) is 18.8 Å². The fourth-order valence-corrected chi connectivity index (χ4v) is 1.81. The molecule has 0 saturated carbocycles. The van der Waals surface area contributed by atoms with Crippen LogP contribution in [0.2, 0.25) is 0 Å². The fraction of sp³-hybridized carbons (Fsp3) is 0.455. The summed E-state index contributed by atoms with van der Waals surface area (Å²) in [5.41, 5.74) is 0.853. The highest BCUT2D eigenvalue weighted by molar-refractivity contribution is 5.21. The summed E-state index contributed by atoms with van der Waals surface area (Å²) in [6, 6.07) is 7.04. The maximum Gasteiger partial charge on any atom is 0.126 e. The van der Waals surface area contributed by atoms with E-state index in [9.17, 15) is 4.39 Å². The van der Waals surface area contributed by atoms with Gasteiger partial charge >= 0.3 is 0 Å². The molecule has 0 N–H and O–H groups in total. The van der Waals surface area contributed by atoms with Gasteiger partial charge in [0, 0.05) is 13.2 Å². The van der Waals surface area contributed by atoms with Crippen molar-refractivity contribution in [2.75, 3.05) is 13.2 Å². The van der Waals surface area contributed by atoms with E-state index in [1.165, 1.54) is 6.07 Å². The van der Waals surface area contributed by atoms with Gasteiger partial charge in [0.2, 0.25) is 0 Å². The van der Waals surface area contributed by atoms with E-state index in [4.69, 9.17) is 4.74 Å². The molecule has 1 aromatic rings. The minimum Gasteiger partial charge on any atom is -0.381 e. The van der Waals surface area contributed by atoms with E-state index in [1.807, 2.05) is 12.1 Å². The van der Waals surface area contributed by atoms with Crippen molar-refractivity contribution >= 4 is 0 Å². The predicted octanol–water partition coefficient (Wildman–Crippen LogP) is 2.72. The normalized spacial score (nSPS) is 18.8. The summed E-state index contributed by atoms with van der Waals surface area (Å²) in [7, 11) is 0. The summed E-state index contributed by atoms with van der Waals surface area (Å²) >= 11 is 0. The lowest BCUT2D eigenvalue weighted by Gasteiger charge is -2.22. The number of hydrogen-bond donors (Lipinski definition) is 0. The molecule has 1 heterocycles. The second-order valence-electron chi connectivity index (χ2n) is 3.41. The molecule has 0 bridgehead atoms. The highest BCUT2D eigenvalue weighted by Crippen LogP contribution is 2.28. The molecule has 1 nitrogen and oxygen atoms in total. The van der Waals surface area contributed by atoms with E-state index in [1.54, 1.807) is 6.07 Å². The maximum absolute atomic E-state index is 13.3. The van der Waals surface area contributed by atoms with Crippen molar-refractivity contribution in [3.63, 3.8) is 0 Å². The van der Waals surface area contributed by atoms with Crippen LogP contribution in [0.25, 0.3) is 0 Å².